The van der Waals surface area contributed by atoms with Gasteiger partial charge in [0.05, 0.1) is 0 Å². The quantitative estimate of drug-likeness (QED) is 0.906. The Labute approximate surface area is 127 Å². The zero-order chi connectivity index (χ0) is 14.8. The minimum atomic E-state index is 0.216. The summed E-state index contributed by atoms with van der Waals surface area (Å²) in [6.45, 7) is 4.17. The highest BCUT2D eigenvalue weighted by Gasteiger charge is 2.27. The molecule has 114 valence electrons. The third kappa shape index (κ3) is 2.98. The molecular weight excluding hydrogens is 260 g/mol. The van der Waals surface area contributed by atoms with Crippen LogP contribution in [0.3, 0.4) is 0 Å². The van der Waals surface area contributed by atoms with Crippen LogP contribution in [0.4, 0.5) is 0 Å². The number of carbonyl (C=O) groups is 1. The Morgan fingerprint density at radius 1 is 1.33 bits per heavy atom. The molecule has 21 heavy (non-hydrogen) atoms. The maximum absolute atomic E-state index is 12.9. The number of rotatable bonds is 2. The van der Waals surface area contributed by atoms with Gasteiger partial charge in [-0.15, -0.1) is 0 Å². The van der Waals surface area contributed by atoms with Crippen LogP contribution in [0.2, 0.25) is 0 Å². The molecule has 0 aromatic heterocycles. The predicted octanol–water partition coefficient (Wildman–Crippen LogP) is 2.98. The zero-order valence-corrected chi connectivity index (χ0v) is 13.2. The third-order valence-corrected chi connectivity index (χ3v) is 5.15. The highest BCUT2D eigenvalue weighted by atomic mass is 16.2. The molecule has 1 heterocycles. The van der Waals surface area contributed by atoms with E-state index in [4.69, 9.17) is 0 Å². The van der Waals surface area contributed by atoms with Crippen LogP contribution in [0.25, 0.3) is 0 Å². The summed E-state index contributed by atoms with van der Waals surface area (Å²) in [5, 5.41) is 3.38. The number of carbonyl (C=O) groups excluding carboxylic acids is 1. The normalized spacial score (nSPS) is 25.2. The van der Waals surface area contributed by atoms with Gasteiger partial charge in [-0.2, -0.15) is 0 Å². The molecule has 0 radical (unpaired) electrons. The van der Waals surface area contributed by atoms with Gasteiger partial charge in [0.2, 0.25) is 0 Å². The minimum Gasteiger partial charge on any atom is -0.339 e. The third-order valence-electron chi connectivity index (χ3n) is 5.15. The summed E-state index contributed by atoms with van der Waals surface area (Å²) < 4.78 is 0. The van der Waals surface area contributed by atoms with E-state index >= 15 is 0 Å². The summed E-state index contributed by atoms with van der Waals surface area (Å²) in [6, 6.07) is 6.59. The summed E-state index contributed by atoms with van der Waals surface area (Å²) in [6.07, 6.45) is 5.83. The van der Waals surface area contributed by atoms with Crippen LogP contribution in [-0.4, -0.2) is 30.4 Å². The Hall–Kier alpha value is -1.35. The summed E-state index contributed by atoms with van der Waals surface area (Å²) in [5.74, 6) is 0.959. The van der Waals surface area contributed by atoms with E-state index in [-0.39, 0.29) is 5.91 Å². The number of nitrogens with one attached hydrogen (secondary N) is 1. The molecule has 1 amide bonds. The summed E-state index contributed by atoms with van der Waals surface area (Å²) in [7, 11) is 1.99. The summed E-state index contributed by atoms with van der Waals surface area (Å²) in [5.41, 5.74) is 3.48. The fourth-order valence-corrected chi connectivity index (χ4v) is 3.84. The van der Waals surface area contributed by atoms with Crippen molar-refractivity contribution in [2.75, 3.05) is 13.6 Å². The molecule has 1 aromatic rings. The van der Waals surface area contributed by atoms with Gasteiger partial charge in [-0.1, -0.05) is 31.9 Å². The first kappa shape index (κ1) is 14.6. The van der Waals surface area contributed by atoms with Crippen LogP contribution in [0.15, 0.2) is 18.2 Å². The van der Waals surface area contributed by atoms with Gasteiger partial charge < -0.3 is 10.2 Å². The Balaban J connectivity index is 1.81. The van der Waals surface area contributed by atoms with Crippen LogP contribution >= 0.6 is 0 Å². The van der Waals surface area contributed by atoms with Gasteiger partial charge >= 0.3 is 0 Å². The number of benzene rings is 1. The molecule has 1 N–H and O–H groups in total. The van der Waals surface area contributed by atoms with Gasteiger partial charge in [-0.25, -0.2) is 0 Å². The molecule has 2 atom stereocenters. The van der Waals surface area contributed by atoms with Crippen LogP contribution in [-0.2, 0) is 13.0 Å². The lowest BCUT2D eigenvalue weighted by Gasteiger charge is -2.35. The molecule has 3 heteroatoms. The van der Waals surface area contributed by atoms with Crippen LogP contribution in [0.5, 0.6) is 0 Å². The molecule has 1 aliphatic heterocycles. The maximum atomic E-state index is 12.9. The summed E-state index contributed by atoms with van der Waals surface area (Å²) >= 11 is 0. The monoisotopic (exact) mass is 286 g/mol. The molecular formula is C18H26N2O. The average Bonchev–Trinajstić information content (AvgIpc) is 2.53. The van der Waals surface area contributed by atoms with Crippen LogP contribution in [0.1, 0.15) is 54.1 Å². The SMILES string of the molecule is CC1CCCC(N(C)C(=O)c2cccc3c2CCNC3)C1. The molecule has 2 unspecified atom stereocenters. The number of hydrogen-bond acceptors (Lipinski definition) is 2. The second kappa shape index (κ2) is 6.18. The minimum absolute atomic E-state index is 0.216. The lowest BCUT2D eigenvalue weighted by Crippen LogP contribution is -2.40. The number of fused-ring (bicyclic) bond motifs is 1. The maximum Gasteiger partial charge on any atom is 0.254 e. The molecule has 1 saturated carbocycles. The van der Waals surface area contributed by atoms with Crippen molar-refractivity contribution in [2.45, 2.75) is 51.6 Å². The molecule has 3 nitrogen and oxygen atoms in total. The van der Waals surface area contributed by atoms with Crippen molar-refractivity contribution >= 4 is 5.91 Å². The fourth-order valence-electron chi connectivity index (χ4n) is 3.84. The largest absolute Gasteiger partial charge is 0.339 e. The first-order chi connectivity index (χ1) is 10.2. The molecule has 1 aliphatic carbocycles. The van der Waals surface area contributed by atoms with Crippen molar-refractivity contribution in [1.82, 2.24) is 10.2 Å². The predicted molar refractivity (Wildman–Crippen MR) is 85.4 cm³/mol. The number of amides is 1. The molecule has 2 aliphatic rings. The van der Waals surface area contributed by atoms with Crippen LogP contribution < -0.4 is 5.32 Å². The van der Waals surface area contributed by atoms with Gasteiger partial charge in [0.1, 0.15) is 0 Å². The molecule has 0 saturated heterocycles. The van der Waals surface area contributed by atoms with E-state index in [9.17, 15) is 4.79 Å². The van der Waals surface area contributed by atoms with E-state index in [1.54, 1.807) is 0 Å². The van der Waals surface area contributed by atoms with Crippen molar-refractivity contribution < 1.29 is 4.79 Å². The lowest BCUT2D eigenvalue weighted by atomic mass is 9.86. The van der Waals surface area contributed by atoms with E-state index in [1.165, 1.54) is 24.0 Å². The fraction of sp³-hybridized carbons (Fsp3) is 0.611. The van der Waals surface area contributed by atoms with Gasteiger partial charge in [-0.05, 0) is 48.9 Å². The average molecular weight is 286 g/mol. The van der Waals surface area contributed by atoms with E-state index in [2.05, 4.69) is 18.3 Å². The smallest absolute Gasteiger partial charge is 0.254 e. The molecule has 0 spiro atoms. The Morgan fingerprint density at radius 3 is 3.00 bits per heavy atom. The number of hydrogen-bond donors (Lipinski definition) is 1. The van der Waals surface area contributed by atoms with Crippen molar-refractivity contribution in [3.8, 4) is 0 Å². The number of nitrogens with zero attached hydrogens (tertiary/aromatic N) is 1. The Kier molecular flexibility index (Phi) is 4.29. The molecule has 0 bridgehead atoms. The standard InChI is InChI=1S/C18H26N2O/c1-13-5-3-7-15(11-13)20(2)18(21)17-8-4-6-14-12-19-10-9-16(14)17/h4,6,8,13,15,19H,3,5,7,9-12H2,1-2H3. The highest BCUT2D eigenvalue weighted by molar-refractivity contribution is 5.96. The van der Waals surface area contributed by atoms with Gasteiger partial charge in [-0.3, -0.25) is 4.79 Å². The van der Waals surface area contributed by atoms with E-state index in [1.807, 2.05) is 24.1 Å². The first-order valence-electron chi connectivity index (χ1n) is 8.25. The topological polar surface area (TPSA) is 32.3 Å². The van der Waals surface area contributed by atoms with Gasteiger partial charge in [0.25, 0.3) is 5.91 Å². The van der Waals surface area contributed by atoms with Gasteiger partial charge in [0.15, 0.2) is 0 Å². The first-order valence-corrected chi connectivity index (χ1v) is 8.25. The second-order valence-corrected chi connectivity index (χ2v) is 6.71. The van der Waals surface area contributed by atoms with Crippen molar-refractivity contribution in [2.24, 2.45) is 5.92 Å². The Bertz CT molecular complexity index is 526. The Morgan fingerprint density at radius 2 is 2.19 bits per heavy atom. The molecule has 3 rings (SSSR count). The van der Waals surface area contributed by atoms with Crippen molar-refractivity contribution in [3.05, 3.63) is 34.9 Å². The lowest BCUT2D eigenvalue weighted by molar-refractivity contribution is 0.0671. The van der Waals surface area contributed by atoms with E-state index < -0.39 is 0 Å². The highest BCUT2D eigenvalue weighted by Crippen LogP contribution is 2.28. The van der Waals surface area contributed by atoms with Crippen LogP contribution in [0, 0.1) is 5.92 Å². The molecule has 1 aromatic carbocycles. The van der Waals surface area contributed by atoms with Crippen molar-refractivity contribution in [1.29, 1.82) is 0 Å². The molecule has 1 fully saturated rings. The summed E-state index contributed by atoms with van der Waals surface area (Å²) in [4.78, 5) is 14.9. The van der Waals surface area contributed by atoms with E-state index in [0.717, 1.165) is 43.8 Å². The second-order valence-electron chi connectivity index (χ2n) is 6.71. The van der Waals surface area contributed by atoms with Crippen molar-refractivity contribution in [3.63, 3.8) is 0 Å². The zero-order valence-electron chi connectivity index (χ0n) is 13.2. The van der Waals surface area contributed by atoms with E-state index in [0.29, 0.717) is 6.04 Å². The van der Waals surface area contributed by atoms with Gasteiger partial charge in [0, 0.05) is 25.2 Å².